The van der Waals surface area contributed by atoms with Crippen molar-refractivity contribution in [3.63, 3.8) is 0 Å². The minimum absolute atomic E-state index is 0.158. The SMILES string of the molecule is CC1(C)Cc2c(F)cccc2C(c2cnn3ccccc23)=N1. The van der Waals surface area contributed by atoms with Crippen LogP contribution < -0.4 is 0 Å². The van der Waals surface area contributed by atoms with Gasteiger partial charge in [0.15, 0.2) is 0 Å². The summed E-state index contributed by atoms with van der Waals surface area (Å²) in [4.78, 5) is 4.89. The second-order valence-corrected chi connectivity index (χ2v) is 6.30. The molecular formula is C18H16FN3. The minimum Gasteiger partial charge on any atom is -0.278 e. The monoisotopic (exact) mass is 293 g/mol. The van der Waals surface area contributed by atoms with Crippen LogP contribution in [0.2, 0.25) is 0 Å². The number of nitrogens with zero attached hydrogens (tertiary/aromatic N) is 3. The average molecular weight is 293 g/mol. The normalized spacial score (nSPS) is 16.4. The van der Waals surface area contributed by atoms with Gasteiger partial charge < -0.3 is 0 Å². The molecule has 0 aliphatic carbocycles. The molecule has 2 aromatic heterocycles. The van der Waals surface area contributed by atoms with E-state index in [9.17, 15) is 4.39 Å². The van der Waals surface area contributed by atoms with Gasteiger partial charge in [0, 0.05) is 23.7 Å². The lowest BCUT2D eigenvalue weighted by Gasteiger charge is -2.29. The Hall–Kier alpha value is -2.49. The zero-order valence-electron chi connectivity index (χ0n) is 12.5. The molecule has 0 saturated carbocycles. The Morgan fingerprint density at radius 3 is 2.82 bits per heavy atom. The molecule has 0 amide bonds. The Bertz CT molecular complexity index is 906. The van der Waals surface area contributed by atoms with Crippen molar-refractivity contribution < 1.29 is 4.39 Å². The Morgan fingerprint density at radius 1 is 1.09 bits per heavy atom. The van der Waals surface area contributed by atoms with E-state index in [1.54, 1.807) is 6.07 Å². The molecule has 3 heterocycles. The standard InChI is InChI=1S/C18H16FN3/c1-18(2)10-13-12(6-5-7-15(13)19)17(21-18)14-11-20-22-9-4-3-8-16(14)22/h3-9,11H,10H2,1-2H3. The Labute approximate surface area is 128 Å². The Kier molecular flexibility index (Phi) is 2.70. The molecule has 0 atom stereocenters. The van der Waals surface area contributed by atoms with Gasteiger partial charge in [-0.25, -0.2) is 8.91 Å². The van der Waals surface area contributed by atoms with Crippen molar-refractivity contribution in [3.8, 4) is 0 Å². The summed E-state index contributed by atoms with van der Waals surface area (Å²) in [6.45, 7) is 4.07. The molecule has 0 N–H and O–H groups in total. The summed E-state index contributed by atoms with van der Waals surface area (Å²) in [5, 5.41) is 4.38. The van der Waals surface area contributed by atoms with E-state index in [2.05, 4.69) is 5.10 Å². The van der Waals surface area contributed by atoms with E-state index in [0.29, 0.717) is 6.42 Å². The third-order valence-electron chi connectivity index (χ3n) is 4.08. The van der Waals surface area contributed by atoms with Gasteiger partial charge in [-0.05, 0) is 37.6 Å². The summed E-state index contributed by atoms with van der Waals surface area (Å²) in [6, 6.07) is 11.1. The molecule has 0 bridgehead atoms. The fraction of sp³-hybridized carbons (Fsp3) is 0.222. The first-order valence-corrected chi connectivity index (χ1v) is 7.35. The lowest BCUT2D eigenvalue weighted by molar-refractivity contribution is 0.492. The van der Waals surface area contributed by atoms with Crippen molar-refractivity contribution in [2.24, 2.45) is 4.99 Å². The van der Waals surface area contributed by atoms with Crippen LogP contribution in [0.4, 0.5) is 4.39 Å². The molecule has 0 radical (unpaired) electrons. The number of halogens is 1. The summed E-state index contributed by atoms with van der Waals surface area (Å²) < 4.78 is 16.1. The first kappa shape index (κ1) is 13.2. The van der Waals surface area contributed by atoms with Crippen molar-refractivity contribution in [2.45, 2.75) is 25.8 Å². The second-order valence-electron chi connectivity index (χ2n) is 6.30. The molecule has 0 fully saturated rings. The third-order valence-corrected chi connectivity index (χ3v) is 4.08. The smallest absolute Gasteiger partial charge is 0.127 e. The van der Waals surface area contributed by atoms with Crippen LogP contribution in [-0.2, 0) is 6.42 Å². The molecule has 3 aromatic rings. The van der Waals surface area contributed by atoms with Crippen LogP contribution in [0.15, 0.2) is 53.8 Å². The molecule has 4 rings (SSSR count). The first-order chi connectivity index (χ1) is 10.6. The highest BCUT2D eigenvalue weighted by Crippen LogP contribution is 2.31. The van der Waals surface area contributed by atoms with Crippen molar-refractivity contribution >= 4 is 11.2 Å². The molecule has 1 aromatic carbocycles. The zero-order chi connectivity index (χ0) is 15.3. The Morgan fingerprint density at radius 2 is 1.95 bits per heavy atom. The van der Waals surface area contributed by atoms with E-state index in [1.165, 1.54) is 6.07 Å². The Balaban J connectivity index is 2.01. The number of hydrogen-bond acceptors (Lipinski definition) is 2. The van der Waals surface area contributed by atoms with Crippen LogP contribution in [0.5, 0.6) is 0 Å². The third kappa shape index (κ3) is 1.95. The van der Waals surface area contributed by atoms with Crippen molar-refractivity contribution in [2.75, 3.05) is 0 Å². The van der Waals surface area contributed by atoms with Gasteiger partial charge in [-0.3, -0.25) is 4.99 Å². The van der Waals surface area contributed by atoms with Gasteiger partial charge >= 0.3 is 0 Å². The fourth-order valence-corrected chi connectivity index (χ4v) is 3.12. The summed E-state index contributed by atoms with van der Waals surface area (Å²) in [7, 11) is 0. The van der Waals surface area contributed by atoms with Crippen LogP contribution in [0.3, 0.4) is 0 Å². The second kappa shape index (κ2) is 4.50. The molecule has 0 saturated heterocycles. The number of benzene rings is 1. The van der Waals surface area contributed by atoms with Gasteiger partial charge in [-0.1, -0.05) is 18.2 Å². The fourth-order valence-electron chi connectivity index (χ4n) is 3.12. The summed E-state index contributed by atoms with van der Waals surface area (Å²) in [6.07, 6.45) is 4.32. The lowest BCUT2D eigenvalue weighted by atomic mass is 9.85. The summed E-state index contributed by atoms with van der Waals surface area (Å²) >= 11 is 0. The first-order valence-electron chi connectivity index (χ1n) is 7.35. The van der Waals surface area contributed by atoms with Crippen molar-refractivity contribution in [1.29, 1.82) is 0 Å². The maximum absolute atomic E-state index is 14.3. The number of hydrogen-bond donors (Lipinski definition) is 0. The largest absolute Gasteiger partial charge is 0.278 e. The van der Waals surface area contributed by atoms with E-state index in [1.807, 2.05) is 55.0 Å². The van der Waals surface area contributed by atoms with Gasteiger partial charge in [0.1, 0.15) is 5.82 Å². The van der Waals surface area contributed by atoms with Gasteiger partial charge in [0.05, 0.1) is 23.0 Å². The van der Waals surface area contributed by atoms with Crippen LogP contribution in [0.1, 0.15) is 30.5 Å². The predicted octanol–water partition coefficient (Wildman–Crippen LogP) is 3.65. The number of rotatable bonds is 1. The van der Waals surface area contributed by atoms with E-state index in [-0.39, 0.29) is 11.4 Å². The van der Waals surface area contributed by atoms with E-state index < -0.39 is 0 Å². The highest BCUT2D eigenvalue weighted by molar-refractivity contribution is 6.18. The highest BCUT2D eigenvalue weighted by atomic mass is 19.1. The summed E-state index contributed by atoms with van der Waals surface area (Å²) in [5.41, 5.74) is 4.04. The molecule has 110 valence electrons. The van der Waals surface area contributed by atoms with Crippen LogP contribution in [0, 0.1) is 5.82 Å². The quantitative estimate of drug-likeness (QED) is 0.673. The van der Waals surface area contributed by atoms with Crippen LogP contribution in [0.25, 0.3) is 5.52 Å². The minimum atomic E-state index is -0.326. The lowest BCUT2D eigenvalue weighted by Crippen LogP contribution is -2.30. The molecular weight excluding hydrogens is 277 g/mol. The van der Waals surface area contributed by atoms with Gasteiger partial charge in [-0.2, -0.15) is 5.10 Å². The number of fused-ring (bicyclic) bond motifs is 2. The number of aromatic nitrogens is 2. The molecule has 4 heteroatoms. The zero-order valence-corrected chi connectivity index (χ0v) is 12.5. The topological polar surface area (TPSA) is 29.7 Å². The maximum atomic E-state index is 14.3. The molecule has 0 unspecified atom stereocenters. The summed E-state index contributed by atoms with van der Waals surface area (Å²) in [5.74, 6) is -0.158. The van der Waals surface area contributed by atoms with Crippen LogP contribution >= 0.6 is 0 Å². The van der Waals surface area contributed by atoms with E-state index in [0.717, 1.165) is 27.9 Å². The molecule has 1 aliphatic heterocycles. The van der Waals surface area contributed by atoms with Crippen molar-refractivity contribution in [3.05, 3.63) is 71.3 Å². The molecule has 3 nitrogen and oxygen atoms in total. The van der Waals surface area contributed by atoms with Crippen LogP contribution in [-0.4, -0.2) is 20.9 Å². The molecule has 0 spiro atoms. The average Bonchev–Trinajstić information content (AvgIpc) is 2.91. The van der Waals surface area contributed by atoms with Crippen molar-refractivity contribution in [1.82, 2.24) is 9.61 Å². The van der Waals surface area contributed by atoms with E-state index in [4.69, 9.17) is 4.99 Å². The van der Waals surface area contributed by atoms with Gasteiger partial charge in [0.25, 0.3) is 0 Å². The van der Waals surface area contributed by atoms with Gasteiger partial charge in [0.2, 0.25) is 0 Å². The number of aliphatic imine (C=N–C) groups is 1. The van der Waals surface area contributed by atoms with E-state index >= 15 is 0 Å². The molecule has 22 heavy (non-hydrogen) atoms. The molecule has 1 aliphatic rings. The maximum Gasteiger partial charge on any atom is 0.127 e. The predicted molar refractivity (Wildman–Crippen MR) is 85.0 cm³/mol. The number of pyridine rings is 1. The highest BCUT2D eigenvalue weighted by Gasteiger charge is 2.30. The van der Waals surface area contributed by atoms with Gasteiger partial charge in [-0.15, -0.1) is 0 Å².